The van der Waals surface area contributed by atoms with Gasteiger partial charge in [0.15, 0.2) is 0 Å². The standard InChI is InChI=1S/C19H15N3O/c23-19(20-14-7-8-14)13-9-12-6-5-11-3-1-2-4-15(11)18-17(12)16(10-13)21-22-18/h2-6,9-10,14H,1,7-8H2,(H,20,23). The summed E-state index contributed by atoms with van der Waals surface area (Å²) in [5, 5.41) is 13.9. The molecule has 0 spiro atoms. The molecule has 0 radical (unpaired) electrons. The average Bonchev–Trinajstić information content (AvgIpc) is 3.31. The van der Waals surface area contributed by atoms with Gasteiger partial charge in [-0.25, -0.2) is 0 Å². The maximum Gasteiger partial charge on any atom is 0.251 e. The van der Waals surface area contributed by atoms with Crippen molar-refractivity contribution in [2.45, 2.75) is 25.3 Å². The summed E-state index contributed by atoms with van der Waals surface area (Å²) in [7, 11) is 0. The fourth-order valence-electron chi connectivity index (χ4n) is 3.23. The number of carbonyl (C=O) groups is 1. The van der Waals surface area contributed by atoms with E-state index in [0.29, 0.717) is 11.6 Å². The van der Waals surface area contributed by atoms with Gasteiger partial charge < -0.3 is 5.32 Å². The number of hydrogen-bond donors (Lipinski definition) is 1. The van der Waals surface area contributed by atoms with E-state index in [9.17, 15) is 4.79 Å². The minimum absolute atomic E-state index is 0.0166. The number of aromatic nitrogens is 2. The monoisotopic (exact) mass is 301 g/mol. The predicted octanol–water partition coefficient (Wildman–Crippen LogP) is 2.54. The van der Waals surface area contributed by atoms with Gasteiger partial charge in [0.05, 0.1) is 5.52 Å². The van der Waals surface area contributed by atoms with E-state index in [-0.39, 0.29) is 5.91 Å². The molecule has 0 aromatic heterocycles. The van der Waals surface area contributed by atoms with Crippen LogP contribution in [0.15, 0.2) is 30.3 Å². The molecule has 3 aliphatic carbocycles. The van der Waals surface area contributed by atoms with Crippen molar-refractivity contribution in [2.75, 3.05) is 0 Å². The molecule has 112 valence electrons. The van der Waals surface area contributed by atoms with Gasteiger partial charge in [-0.05, 0) is 42.0 Å². The number of fused-ring (bicyclic) bond motifs is 2. The van der Waals surface area contributed by atoms with Crippen molar-refractivity contribution in [3.05, 3.63) is 46.7 Å². The van der Waals surface area contributed by atoms with E-state index in [1.165, 1.54) is 5.22 Å². The molecule has 1 heterocycles. The highest BCUT2D eigenvalue weighted by Gasteiger charge is 2.25. The Morgan fingerprint density at radius 2 is 2.09 bits per heavy atom. The lowest BCUT2D eigenvalue weighted by Crippen LogP contribution is -2.25. The van der Waals surface area contributed by atoms with Crippen LogP contribution in [0.25, 0.3) is 34.3 Å². The Bertz CT molecular complexity index is 1000. The highest BCUT2D eigenvalue weighted by atomic mass is 16.1. The highest BCUT2D eigenvalue weighted by molar-refractivity contribution is 6.04. The number of nitrogens with zero attached hydrogens (tertiary/aromatic N) is 2. The zero-order valence-corrected chi connectivity index (χ0v) is 12.5. The van der Waals surface area contributed by atoms with Crippen LogP contribution in [-0.2, 0) is 0 Å². The number of carbonyl (C=O) groups excluding carboxylic acids is 1. The van der Waals surface area contributed by atoms with Crippen molar-refractivity contribution in [2.24, 2.45) is 0 Å². The zero-order valence-electron chi connectivity index (χ0n) is 12.5. The van der Waals surface area contributed by atoms with E-state index >= 15 is 0 Å². The summed E-state index contributed by atoms with van der Waals surface area (Å²) in [4.78, 5) is 12.4. The Kier molecular flexibility index (Phi) is 2.56. The molecule has 4 aliphatic rings. The van der Waals surface area contributed by atoms with Gasteiger partial charge in [0, 0.05) is 22.7 Å². The maximum absolute atomic E-state index is 12.4. The molecule has 1 aromatic carbocycles. The molecule has 1 aromatic rings. The maximum atomic E-state index is 12.4. The van der Waals surface area contributed by atoms with Crippen LogP contribution < -0.4 is 10.5 Å². The van der Waals surface area contributed by atoms with Crippen LogP contribution >= 0.6 is 0 Å². The van der Waals surface area contributed by atoms with Gasteiger partial charge in [0.25, 0.3) is 5.91 Å². The number of nitrogens with one attached hydrogen (secondary N) is 1. The summed E-state index contributed by atoms with van der Waals surface area (Å²) >= 11 is 0. The molecule has 1 aliphatic heterocycles. The van der Waals surface area contributed by atoms with E-state index in [2.05, 4.69) is 45.9 Å². The number of allylic oxidation sites excluding steroid dienone is 1. The highest BCUT2D eigenvalue weighted by Crippen LogP contribution is 2.33. The van der Waals surface area contributed by atoms with E-state index in [1.807, 2.05) is 12.1 Å². The molecule has 4 heteroatoms. The third-order valence-electron chi connectivity index (χ3n) is 4.58. The van der Waals surface area contributed by atoms with Crippen LogP contribution in [0.2, 0.25) is 0 Å². The fourth-order valence-corrected chi connectivity index (χ4v) is 3.23. The Balaban J connectivity index is 1.73. The molecule has 0 saturated heterocycles. The molecule has 0 bridgehead atoms. The molecule has 4 nitrogen and oxygen atoms in total. The normalized spacial score (nSPS) is 16.3. The molecule has 1 fully saturated rings. The summed E-state index contributed by atoms with van der Waals surface area (Å²) in [5.74, 6) is -0.0166. The van der Waals surface area contributed by atoms with Gasteiger partial charge >= 0.3 is 0 Å². The van der Waals surface area contributed by atoms with Crippen molar-refractivity contribution in [3.63, 3.8) is 0 Å². The lowest BCUT2D eigenvalue weighted by Gasteiger charge is -2.06. The second-order valence-electron chi connectivity index (χ2n) is 6.30. The summed E-state index contributed by atoms with van der Waals surface area (Å²) < 4.78 is 0. The van der Waals surface area contributed by atoms with Gasteiger partial charge in [-0.15, -0.1) is 10.2 Å². The van der Waals surface area contributed by atoms with Gasteiger partial charge in [0.1, 0.15) is 5.69 Å². The van der Waals surface area contributed by atoms with Crippen LogP contribution in [0.1, 0.15) is 35.2 Å². The summed E-state index contributed by atoms with van der Waals surface area (Å²) in [5.41, 5.74) is 4.51. The van der Waals surface area contributed by atoms with Crippen molar-refractivity contribution in [3.8, 4) is 11.3 Å². The van der Waals surface area contributed by atoms with Crippen LogP contribution in [-0.4, -0.2) is 22.1 Å². The molecule has 0 atom stereocenters. The first-order valence-corrected chi connectivity index (χ1v) is 8.00. The smallest absolute Gasteiger partial charge is 0.251 e. The van der Waals surface area contributed by atoms with Crippen molar-refractivity contribution < 1.29 is 4.79 Å². The van der Waals surface area contributed by atoms with Gasteiger partial charge in [-0.3, -0.25) is 4.79 Å². The third-order valence-corrected chi connectivity index (χ3v) is 4.58. The topological polar surface area (TPSA) is 54.9 Å². The largest absolute Gasteiger partial charge is 0.349 e. The van der Waals surface area contributed by atoms with Crippen LogP contribution in [0, 0.1) is 0 Å². The third kappa shape index (κ3) is 2.02. The number of hydrogen-bond acceptors (Lipinski definition) is 3. The second-order valence-corrected chi connectivity index (χ2v) is 6.30. The molecule has 0 unspecified atom stereocenters. The van der Waals surface area contributed by atoms with Gasteiger partial charge in [-0.2, -0.15) is 0 Å². The average molecular weight is 301 g/mol. The first kappa shape index (κ1) is 12.8. The van der Waals surface area contributed by atoms with E-state index in [0.717, 1.165) is 47.0 Å². The summed E-state index contributed by atoms with van der Waals surface area (Å²) in [6.07, 6.45) is 9.55. The Hall–Kier alpha value is -2.75. The predicted molar refractivity (Wildman–Crippen MR) is 90.0 cm³/mol. The minimum Gasteiger partial charge on any atom is -0.349 e. The molecule has 5 rings (SSSR count). The number of benzene rings is 1. The van der Waals surface area contributed by atoms with Crippen LogP contribution in [0.4, 0.5) is 0 Å². The molecule has 23 heavy (non-hydrogen) atoms. The van der Waals surface area contributed by atoms with Crippen LogP contribution in [0.3, 0.4) is 0 Å². The number of amides is 1. The zero-order chi connectivity index (χ0) is 15.4. The van der Waals surface area contributed by atoms with Crippen molar-refractivity contribution in [1.29, 1.82) is 0 Å². The molecule has 1 saturated carbocycles. The number of rotatable bonds is 2. The molecular formula is C19H15N3O. The quantitative estimate of drug-likeness (QED) is 0.791. The van der Waals surface area contributed by atoms with E-state index in [4.69, 9.17) is 0 Å². The minimum atomic E-state index is -0.0166. The molecule has 1 N–H and O–H groups in total. The second kappa shape index (κ2) is 4.62. The van der Waals surface area contributed by atoms with E-state index < -0.39 is 0 Å². The van der Waals surface area contributed by atoms with E-state index in [1.54, 1.807) is 0 Å². The van der Waals surface area contributed by atoms with Crippen molar-refractivity contribution >= 4 is 29.0 Å². The first-order valence-electron chi connectivity index (χ1n) is 8.00. The Morgan fingerprint density at radius 3 is 2.96 bits per heavy atom. The molecule has 1 amide bonds. The fraction of sp³-hybridized carbons (Fsp3) is 0.211. The summed E-state index contributed by atoms with van der Waals surface area (Å²) in [6, 6.07) is 8.33. The Labute approximate surface area is 133 Å². The summed E-state index contributed by atoms with van der Waals surface area (Å²) in [6.45, 7) is 0. The van der Waals surface area contributed by atoms with Crippen LogP contribution in [0.5, 0.6) is 0 Å². The lowest BCUT2D eigenvalue weighted by atomic mass is 9.99. The van der Waals surface area contributed by atoms with Crippen molar-refractivity contribution in [1.82, 2.24) is 15.5 Å². The van der Waals surface area contributed by atoms with Gasteiger partial charge in [0.2, 0.25) is 0 Å². The van der Waals surface area contributed by atoms with Gasteiger partial charge in [-0.1, -0.05) is 30.4 Å². The SMILES string of the molecule is O=C(NC1CC1)c1cc2ccc3c(c4nnc(c1)c2-4)C=CCC=3. The molecular weight excluding hydrogens is 286 g/mol. The Morgan fingerprint density at radius 1 is 1.17 bits per heavy atom. The lowest BCUT2D eigenvalue weighted by molar-refractivity contribution is 0.0951. The first-order chi connectivity index (χ1) is 11.3.